The van der Waals surface area contributed by atoms with Crippen molar-refractivity contribution in [2.45, 2.75) is 5.16 Å². The molecule has 0 radical (unpaired) electrons. The van der Waals surface area contributed by atoms with Crippen LogP contribution < -0.4 is 9.84 Å². The van der Waals surface area contributed by atoms with Crippen LogP contribution in [0.5, 0.6) is 5.88 Å². The van der Waals surface area contributed by atoms with Crippen molar-refractivity contribution in [3.63, 3.8) is 0 Å². The van der Waals surface area contributed by atoms with Crippen molar-refractivity contribution >= 4 is 48.8 Å². The first kappa shape index (κ1) is 15.9. The van der Waals surface area contributed by atoms with Crippen LogP contribution >= 0.6 is 31.8 Å². The van der Waals surface area contributed by atoms with Crippen LogP contribution in [0.15, 0.2) is 34.1 Å². The molecule has 0 aliphatic heterocycles. The van der Waals surface area contributed by atoms with E-state index >= 15 is 0 Å². The first-order valence-electron chi connectivity index (χ1n) is 6.76. The molecule has 0 aliphatic rings. The zero-order chi connectivity index (χ0) is 17.4. The van der Waals surface area contributed by atoms with Crippen LogP contribution in [0.1, 0.15) is 10.4 Å². The highest BCUT2D eigenvalue weighted by molar-refractivity contribution is 8.44. The lowest BCUT2D eigenvalue weighted by atomic mass is 10.3. The topological polar surface area (TPSA) is 119 Å². The number of tetrazole rings is 1. The van der Waals surface area contributed by atoms with Crippen molar-refractivity contribution in [1.29, 1.82) is 0 Å². The van der Waals surface area contributed by atoms with Crippen LogP contribution in [0.2, 0.25) is 0 Å². The van der Waals surface area contributed by atoms with E-state index in [1.54, 1.807) is 18.6 Å². The largest absolute Gasteiger partial charge is 0.545 e. The highest BCUT2D eigenvalue weighted by Crippen LogP contribution is 2.39. The number of methoxy groups -OCH3 is 1. The minimum absolute atomic E-state index is 0.0458. The molecule has 9 nitrogen and oxygen atoms in total. The summed E-state index contributed by atoms with van der Waals surface area (Å²) in [6.45, 7) is 0. The van der Waals surface area contributed by atoms with Crippen molar-refractivity contribution in [2.75, 3.05) is 7.11 Å². The second-order valence-electron chi connectivity index (χ2n) is 4.64. The molecule has 0 N–H and O–H groups in total. The van der Waals surface area contributed by atoms with E-state index in [0.29, 0.717) is 21.7 Å². The van der Waals surface area contributed by atoms with E-state index < -0.39 is 15.7 Å². The Morgan fingerprint density at radius 3 is 3.08 bits per heavy atom. The van der Waals surface area contributed by atoms with Gasteiger partial charge in [0.1, 0.15) is 5.00 Å². The Hall–Kier alpha value is -2.57. The number of hydrogen-bond donors (Lipinski definition) is 0. The molecule has 25 heavy (non-hydrogen) atoms. The monoisotopic (exact) mass is 392 g/mol. The fourth-order valence-corrected chi connectivity index (χ4v) is 5.76. The molecule has 4 aromatic heterocycles. The Kier molecular flexibility index (Phi) is 4.07. The van der Waals surface area contributed by atoms with Crippen molar-refractivity contribution in [3.05, 3.63) is 34.5 Å². The lowest BCUT2D eigenvalue weighted by molar-refractivity contribution is -0.254. The number of carbonyl (C=O) groups is 1. The quantitative estimate of drug-likeness (QED) is 0.366. The van der Waals surface area contributed by atoms with Gasteiger partial charge in [-0.1, -0.05) is 5.10 Å². The van der Waals surface area contributed by atoms with Gasteiger partial charge in [-0.2, -0.15) is 9.67 Å². The Morgan fingerprint density at radius 1 is 1.40 bits per heavy atom. The molecule has 1 atom stereocenters. The summed E-state index contributed by atoms with van der Waals surface area (Å²) < 4.78 is 11.0. The number of carboxylic acids is 1. The molecule has 1 unspecified atom stereocenters. The number of aromatic carboxylic acids is 1. The van der Waals surface area contributed by atoms with Crippen LogP contribution in [0.4, 0.5) is 0 Å². The van der Waals surface area contributed by atoms with Crippen molar-refractivity contribution < 1.29 is 14.6 Å². The maximum Gasteiger partial charge on any atom is 0.274 e. The lowest BCUT2D eigenvalue weighted by Gasteiger charge is -2.03. The van der Waals surface area contributed by atoms with E-state index in [1.165, 1.54) is 32.9 Å². The van der Waals surface area contributed by atoms with Gasteiger partial charge in [0, 0.05) is 11.6 Å². The molecule has 0 amide bonds. The van der Waals surface area contributed by atoms with Crippen molar-refractivity contribution in [3.8, 4) is 10.9 Å². The van der Waals surface area contributed by atoms with E-state index in [0.717, 1.165) is 5.39 Å². The van der Waals surface area contributed by atoms with Gasteiger partial charge in [0.25, 0.3) is 5.16 Å². The molecule has 126 valence electrons. The highest BCUT2D eigenvalue weighted by Gasteiger charge is 2.23. The third-order valence-electron chi connectivity index (χ3n) is 3.15. The standard InChI is InChI=1S/C13H8N6O3S3/c1-22-9-3-2-7-6-25(16-10(7)14-9)24-13-15-17-18-19(13)11-8(12(20)21)4-5-23-11/h2-6H,1H3. The number of rotatable bonds is 5. The minimum atomic E-state index is -1.27. The van der Waals surface area contributed by atoms with Crippen LogP contribution in [0.3, 0.4) is 0 Å². The van der Waals surface area contributed by atoms with Gasteiger partial charge < -0.3 is 14.6 Å². The third kappa shape index (κ3) is 2.94. The fraction of sp³-hybridized carbons (Fsp3) is 0.0769. The van der Waals surface area contributed by atoms with Gasteiger partial charge in [0.2, 0.25) is 22.3 Å². The van der Waals surface area contributed by atoms with Crippen molar-refractivity contribution in [1.82, 2.24) is 29.6 Å². The molecule has 4 heterocycles. The molecule has 0 spiro atoms. The first-order valence-corrected chi connectivity index (χ1v) is 10.2. The van der Waals surface area contributed by atoms with Crippen LogP contribution in [-0.2, 0) is 0 Å². The molecular weight excluding hydrogens is 384 g/mol. The molecule has 4 aromatic rings. The smallest absolute Gasteiger partial charge is 0.274 e. The maximum atomic E-state index is 11.2. The summed E-state index contributed by atoms with van der Waals surface area (Å²) in [5, 5.41) is 28.1. The second kappa shape index (κ2) is 6.38. The lowest BCUT2D eigenvalue weighted by Crippen LogP contribution is -2.23. The minimum Gasteiger partial charge on any atom is -0.545 e. The first-order chi connectivity index (χ1) is 12.2. The van der Waals surface area contributed by atoms with Crippen LogP contribution in [0, 0.1) is 0 Å². The van der Waals surface area contributed by atoms with E-state index in [4.69, 9.17) is 4.74 Å². The summed E-state index contributed by atoms with van der Waals surface area (Å²) >= 11 is 1.22. The third-order valence-corrected chi connectivity index (χ3v) is 6.89. The van der Waals surface area contributed by atoms with Gasteiger partial charge in [0.15, 0.2) is 15.1 Å². The van der Waals surface area contributed by atoms with Gasteiger partial charge in [0.05, 0.1) is 18.5 Å². The summed E-state index contributed by atoms with van der Waals surface area (Å²) in [5.74, 6) is -0.778. The predicted octanol–water partition coefficient (Wildman–Crippen LogP) is 1.34. The zero-order valence-electron chi connectivity index (χ0n) is 12.5. The molecule has 0 saturated heterocycles. The average molecular weight is 392 g/mol. The van der Waals surface area contributed by atoms with Gasteiger partial charge in [-0.3, -0.25) is 0 Å². The summed E-state index contributed by atoms with van der Waals surface area (Å²) in [5.41, 5.74) is 0.644. The Morgan fingerprint density at radius 2 is 2.28 bits per heavy atom. The van der Waals surface area contributed by atoms with E-state index in [9.17, 15) is 9.90 Å². The molecule has 4 rings (SSSR count). The normalized spacial score (nSPS) is 11.8. The fourth-order valence-electron chi connectivity index (χ4n) is 2.04. The summed E-state index contributed by atoms with van der Waals surface area (Å²) in [6.07, 6.45) is 0. The highest BCUT2D eigenvalue weighted by atomic mass is 33.1. The zero-order valence-corrected chi connectivity index (χ0v) is 15.0. The Labute approximate surface area is 150 Å². The molecule has 0 saturated carbocycles. The number of hydrogen-bond acceptors (Lipinski definition) is 10. The molecule has 0 fully saturated rings. The number of carboxylic acid groups (broad SMARTS) is 1. The number of pyridine rings is 1. The molecular formula is C13H8N6O3S3. The van der Waals surface area contributed by atoms with E-state index in [2.05, 4.69) is 24.9 Å². The number of thiophene rings is 1. The summed E-state index contributed by atoms with van der Waals surface area (Å²) in [7, 11) is 2.29. The van der Waals surface area contributed by atoms with Crippen LogP contribution in [0.25, 0.3) is 16.0 Å². The number of nitrogens with zero attached hydrogens (tertiary/aromatic N) is 6. The van der Waals surface area contributed by atoms with E-state index in [-0.39, 0.29) is 5.56 Å². The number of aromatic nitrogens is 6. The summed E-state index contributed by atoms with van der Waals surface area (Å²) in [4.78, 5) is 15.5. The molecule has 0 aliphatic carbocycles. The Bertz CT molecular complexity index is 1070. The average Bonchev–Trinajstić information content (AvgIpc) is 3.32. The molecule has 0 aromatic carbocycles. The molecule has 0 bridgehead atoms. The number of carbonyl (C=O) groups excluding carboxylic acids is 1. The van der Waals surface area contributed by atoms with Crippen LogP contribution in [-0.4, -0.2) is 42.6 Å². The summed E-state index contributed by atoms with van der Waals surface area (Å²) in [6, 6.07) is 5.12. The maximum absolute atomic E-state index is 11.2. The van der Waals surface area contributed by atoms with Gasteiger partial charge >= 0.3 is 0 Å². The Balaban J connectivity index is 1.69. The predicted molar refractivity (Wildman–Crippen MR) is 91.2 cm³/mol. The second-order valence-corrected chi connectivity index (χ2v) is 8.56. The van der Waals surface area contributed by atoms with E-state index in [1.807, 2.05) is 11.4 Å². The van der Waals surface area contributed by atoms with Gasteiger partial charge in [-0.15, -0.1) is 11.3 Å². The van der Waals surface area contributed by atoms with Gasteiger partial charge in [-0.05, 0) is 32.3 Å². The number of ether oxygens (including phenoxy) is 1. The SMILES string of the molecule is COc1ccc2c[s+](Sc3nnnn3-c3sccc3C(=O)[O-])nc2n1. The van der Waals surface area contributed by atoms with Gasteiger partial charge in [-0.25, -0.2) is 0 Å². The molecule has 12 heteroatoms. The van der Waals surface area contributed by atoms with Crippen molar-refractivity contribution in [2.24, 2.45) is 0 Å². The number of fused-ring (bicyclic) bond motifs is 1.